The average Bonchev–Trinajstić information content (AvgIpc) is 2.84. The number of thioether (sulfide) groups is 1. The van der Waals surface area contributed by atoms with Crippen LogP contribution in [0.25, 0.3) is 0 Å². The zero-order valence-corrected chi connectivity index (χ0v) is 10.2. The molecule has 0 saturated carbocycles. The molecule has 2 N–H and O–H groups in total. The molecule has 2 nitrogen and oxygen atoms in total. The SMILES string of the molecule is OC[C@@H](NCC1CCSC1)c1ccccc1. The molecule has 1 aromatic rings. The van der Waals surface area contributed by atoms with Gasteiger partial charge in [0.2, 0.25) is 0 Å². The van der Waals surface area contributed by atoms with Crippen LogP contribution in [0.3, 0.4) is 0 Å². The van der Waals surface area contributed by atoms with E-state index in [9.17, 15) is 5.11 Å². The van der Waals surface area contributed by atoms with Crippen molar-refractivity contribution in [2.75, 3.05) is 24.7 Å². The Morgan fingerprint density at radius 3 is 2.81 bits per heavy atom. The molecule has 1 aliphatic heterocycles. The Morgan fingerprint density at radius 2 is 2.19 bits per heavy atom. The molecule has 1 saturated heterocycles. The Hall–Kier alpha value is -0.510. The van der Waals surface area contributed by atoms with E-state index in [1.807, 2.05) is 30.0 Å². The molecule has 2 rings (SSSR count). The monoisotopic (exact) mass is 237 g/mol. The van der Waals surface area contributed by atoms with Crippen molar-refractivity contribution in [3.63, 3.8) is 0 Å². The highest BCUT2D eigenvalue weighted by molar-refractivity contribution is 7.99. The molecule has 1 heterocycles. The summed E-state index contributed by atoms with van der Waals surface area (Å²) in [6, 6.07) is 10.3. The third-order valence-electron chi connectivity index (χ3n) is 3.06. The summed E-state index contributed by atoms with van der Waals surface area (Å²) in [5, 5.41) is 12.8. The lowest BCUT2D eigenvalue weighted by Gasteiger charge is -2.19. The summed E-state index contributed by atoms with van der Waals surface area (Å²) in [5.41, 5.74) is 1.18. The van der Waals surface area contributed by atoms with E-state index >= 15 is 0 Å². The molecule has 1 aromatic carbocycles. The largest absolute Gasteiger partial charge is 0.394 e. The van der Waals surface area contributed by atoms with Crippen LogP contribution in [-0.2, 0) is 0 Å². The highest BCUT2D eigenvalue weighted by atomic mass is 32.2. The lowest BCUT2D eigenvalue weighted by molar-refractivity contribution is 0.240. The highest BCUT2D eigenvalue weighted by Gasteiger charge is 2.17. The van der Waals surface area contributed by atoms with Crippen LogP contribution in [-0.4, -0.2) is 29.8 Å². The smallest absolute Gasteiger partial charge is 0.0626 e. The van der Waals surface area contributed by atoms with E-state index in [1.165, 1.54) is 23.5 Å². The van der Waals surface area contributed by atoms with Crippen LogP contribution in [0.2, 0.25) is 0 Å². The quantitative estimate of drug-likeness (QED) is 0.822. The van der Waals surface area contributed by atoms with E-state index in [2.05, 4.69) is 17.4 Å². The van der Waals surface area contributed by atoms with E-state index in [0.717, 1.165) is 12.5 Å². The minimum Gasteiger partial charge on any atom is -0.394 e. The molecular formula is C13H19NOS. The number of hydrogen-bond acceptors (Lipinski definition) is 3. The van der Waals surface area contributed by atoms with Crippen LogP contribution in [0.4, 0.5) is 0 Å². The zero-order valence-electron chi connectivity index (χ0n) is 9.43. The first-order chi connectivity index (χ1) is 7.90. The Labute approximate surface area is 101 Å². The van der Waals surface area contributed by atoms with Crippen molar-refractivity contribution in [3.8, 4) is 0 Å². The van der Waals surface area contributed by atoms with Crippen LogP contribution in [0.1, 0.15) is 18.0 Å². The second-order valence-corrected chi connectivity index (χ2v) is 5.43. The van der Waals surface area contributed by atoms with Crippen molar-refractivity contribution in [1.82, 2.24) is 5.32 Å². The Kier molecular flexibility index (Phi) is 4.69. The fourth-order valence-corrected chi connectivity index (χ4v) is 3.31. The van der Waals surface area contributed by atoms with Gasteiger partial charge in [-0.1, -0.05) is 30.3 Å². The summed E-state index contributed by atoms with van der Waals surface area (Å²) in [7, 11) is 0. The van der Waals surface area contributed by atoms with Crippen molar-refractivity contribution < 1.29 is 5.11 Å². The molecule has 16 heavy (non-hydrogen) atoms. The van der Waals surface area contributed by atoms with Gasteiger partial charge in [-0.3, -0.25) is 0 Å². The van der Waals surface area contributed by atoms with Gasteiger partial charge in [0.05, 0.1) is 12.6 Å². The van der Waals surface area contributed by atoms with Gasteiger partial charge in [0.25, 0.3) is 0 Å². The number of nitrogens with one attached hydrogen (secondary N) is 1. The summed E-state index contributed by atoms with van der Waals surface area (Å²) in [6.45, 7) is 1.19. The van der Waals surface area contributed by atoms with Crippen LogP contribution in [0, 0.1) is 5.92 Å². The van der Waals surface area contributed by atoms with E-state index in [1.54, 1.807) is 0 Å². The lowest BCUT2D eigenvalue weighted by Crippen LogP contribution is -2.29. The topological polar surface area (TPSA) is 32.3 Å². The molecule has 3 heteroatoms. The standard InChI is InChI=1S/C13H19NOS/c15-9-13(12-4-2-1-3-5-12)14-8-11-6-7-16-10-11/h1-5,11,13-15H,6-10H2/t11?,13-/m1/s1. The van der Waals surface area contributed by atoms with Gasteiger partial charge in [-0.15, -0.1) is 0 Å². The lowest BCUT2D eigenvalue weighted by atomic mass is 10.1. The van der Waals surface area contributed by atoms with Crippen LogP contribution >= 0.6 is 11.8 Å². The summed E-state index contributed by atoms with van der Waals surface area (Å²) >= 11 is 2.03. The summed E-state index contributed by atoms with van der Waals surface area (Å²) in [4.78, 5) is 0. The predicted octanol–water partition coefficient (Wildman–Crippen LogP) is 2.06. The van der Waals surface area contributed by atoms with Gasteiger partial charge in [0, 0.05) is 0 Å². The van der Waals surface area contributed by atoms with Crippen molar-refractivity contribution in [2.45, 2.75) is 12.5 Å². The molecule has 1 unspecified atom stereocenters. The molecule has 0 radical (unpaired) electrons. The maximum atomic E-state index is 9.39. The van der Waals surface area contributed by atoms with Gasteiger partial charge < -0.3 is 10.4 Å². The van der Waals surface area contributed by atoms with Gasteiger partial charge in [-0.25, -0.2) is 0 Å². The van der Waals surface area contributed by atoms with Gasteiger partial charge >= 0.3 is 0 Å². The fourth-order valence-electron chi connectivity index (χ4n) is 2.03. The Balaban J connectivity index is 1.85. The van der Waals surface area contributed by atoms with E-state index in [-0.39, 0.29) is 12.6 Å². The first kappa shape index (κ1) is 12.0. The third kappa shape index (κ3) is 3.24. The fraction of sp³-hybridized carbons (Fsp3) is 0.538. The van der Waals surface area contributed by atoms with Crippen molar-refractivity contribution in [1.29, 1.82) is 0 Å². The Bertz CT molecular complexity index is 298. The van der Waals surface area contributed by atoms with Gasteiger partial charge in [-0.05, 0) is 36.0 Å². The van der Waals surface area contributed by atoms with E-state index in [0.29, 0.717) is 0 Å². The molecule has 2 atom stereocenters. The number of aliphatic hydroxyl groups excluding tert-OH is 1. The molecular weight excluding hydrogens is 218 g/mol. The number of rotatable bonds is 5. The minimum absolute atomic E-state index is 0.0896. The van der Waals surface area contributed by atoms with Crippen molar-refractivity contribution in [2.24, 2.45) is 5.92 Å². The van der Waals surface area contributed by atoms with Gasteiger partial charge in [0.15, 0.2) is 0 Å². The number of hydrogen-bond donors (Lipinski definition) is 2. The van der Waals surface area contributed by atoms with Crippen LogP contribution < -0.4 is 5.32 Å². The zero-order chi connectivity index (χ0) is 11.2. The average molecular weight is 237 g/mol. The van der Waals surface area contributed by atoms with Crippen LogP contribution in [0.15, 0.2) is 30.3 Å². The Morgan fingerprint density at radius 1 is 1.38 bits per heavy atom. The van der Waals surface area contributed by atoms with Gasteiger partial charge in [0.1, 0.15) is 0 Å². The van der Waals surface area contributed by atoms with E-state index in [4.69, 9.17) is 0 Å². The molecule has 0 amide bonds. The molecule has 0 spiro atoms. The molecule has 1 fully saturated rings. The maximum absolute atomic E-state index is 9.39. The summed E-state index contributed by atoms with van der Waals surface area (Å²) < 4.78 is 0. The normalized spacial score (nSPS) is 22.2. The third-order valence-corrected chi connectivity index (χ3v) is 4.29. The van der Waals surface area contributed by atoms with E-state index < -0.39 is 0 Å². The molecule has 0 aromatic heterocycles. The van der Waals surface area contributed by atoms with Crippen LogP contribution in [0.5, 0.6) is 0 Å². The number of benzene rings is 1. The second kappa shape index (κ2) is 6.28. The summed E-state index contributed by atoms with van der Waals surface area (Å²) in [5.74, 6) is 3.34. The van der Waals surface area contributed by atoms with Crippen molar-refractivity contribution in [3.05, 3.63) is 35.9 Å². The molecule has 0 aliphatic carbocycles. The first-order valence-corrected chi connectivity index (χ1v) is 7.02. The minimum atomic E-state index is 0.0896. The predicted molar refractivity (Wildman–Crippen MR) is 69.7 cm³/mol. The molecule has 1 aliphatic rings. The summed E-state index contributed by atoms with van der Waals surface area (Å²) in [6.07, 6.45) is 1.31. The highest BCUT2D eigenvalue weighted by Crippen LogP contribution is 2.23. The maximum Gasteiger partial charge on any atom is 0.0626 e. The van der Waals surface area contributed by atoms with Gasteiger partial charge in [-0.2, -0.15) is 11.8 Å². The molecule has 0 bridgehead atoms. The first-order valence-electron chi connectivity index (χ1n) is 5.87. The second-order valence-electron chi connectivity index (χ2n) is 4.28. The molecule has 88 valence electrons. The number of aliphatic hydroxyl groups is 1. The van der Waals surface area contributed by atoms with Crippen molar-refractivity contribution >= 4 is 11.8 Å².